The zero-order valence-electron chi connectivity index (χ0n) is 12.6. The summed E-state index contributed by atoms with van der Waals surface area (Å²) in [6, 6.07) is 5.22. The summed E-state index contributed by atoms with van der Waals surface area (Å²) in [5.74, 6) is -0.975. The highest BCUT2D eigenvalue weighted by atomic mass is 16.4. The lowest BCUT2D eigenvalue weighted by Gasteiger charge is -2.35. The minimum atomic E-state index is -0.915. The number of hydrogen-bond acceptors (Lipinski definition) is 3. The van der Waals surface area contributed by atoms with Gasteiger partial charge in [0, 0.05) is 13.1 Å². The van der Waals surface area contributed by atoms with Gasteiger partial charge >= 0.3 is 5.97 Å². The molecule has 0 saturated heterocycles. The lowest BCUT2D eigenvalue weighted by Crippen LogP contribution is -2.54. The monoisotopic (exact) mass is 290 g/mol. The molecule has 1 unspecified atom stereocenters. The van der Waals surface area contributed by atoms with E-state index in [1.807, 2.05) is 13.0 Å². The number of carbonyl (C=O) groups excluding carboxylic acids is 1. The molecule has 21 heavy (non-hydrogen) atoms. The molecular formula is C16H22N2O3. The summed E-state index contributed by atoms with van der Waals surface area (Å²) in [7, 11) is 0. The van der Waals surface area contributed by atoms with Crippen molar-refractivity contribution in [2.75, 3.05) is 6.54 Å². The van der Waals surface area contributed by atoms with Gasteiger partial charge in [0.25, 0.3) is 0 Å². The second-order valence-electron chi connectivity index (χ2n) is 5.89. The number of nitrogens with two attached hydrogens (primary N) is 1. The number of amides is 1. The molecule has 0 fully saturated rings. The lowest BCUT2D eigenvalue weighted by molar-refractivity contribution is -0.137. The van der Waals surface area contributed by atoms with Gasteiger partial charge in [-0.25, -0.2) is 4.79 Å². The first-order valence-corrected chi connectivity index (χ1v) is 7.29. The van der Waals surface area contributed by atoms with Crippen molar-refractivity contribution in [3.63, 3.8) is 0 Å². The summed E-state index contributed by atoms with van der Waals surface area (Å²) in [5.41, 5.74) is 7.34. The van der Waals surface area contributed by atoms with Crippen LogP contribution in [-0.4, -0.2) is 34.0 Å². The topological polar surface area (TPSA) is 83.6 Å². The maximum atomic E-state index is 12.5. The molecule has 5 nitrogen and oxygen atoms in total. The van der Waals surface area contributed by atoms with Gasteiger partial charge in [-0.3, -0.25) is 4.79 Å². The van der Waals surface area contributed by atoms with Crippen LogP contribution in [0.15, 0.2) is 18.2 Å². The van der Waals surface area contributed by atoms with Gasteiger partial charge in [0.15, 0.2) is 0 Å². The third-order valence-electron chi connectivity index (χ3n) is 4.04. The van der Waals surface area contributed by atoms with Crippen molar-refractivity contribution in [1.82, 2.24) is 4.90 Å². The Morgan fingerprint density at radius 2 is 2.14 bits per heavy atom. The van der Waals surface area contributed by atoms with Gasteiger partial charge in [0.1, 0.15) is 0 Å². The van der Waals surface area contributed by atoms with E-state index in [1.54, 1.807) is 24.0 Å². The fourth-order valence-corrected chi connectivity index (χ4v) is 2.97. The molecular weight excluding hydrogens is 268 g/mol. The molecule has 1 heterocycles. The molecule has 0 radical (unpaired) electrons. The molecule has 0 spiro atoms. The molecule has 1 aliphatic heterocycles. The van der Waals surface area contributed by atoms with Crippen LogP contribution in [0.1, 0.15) is 48.2 Å². The molecule has 0 aliphatic carbocycles. The van der Waals surface area contributed by atoms with E-state index in [0.717, 1.165) is 17.5 Å². The summed E-state index contributed by atoms with van der Waals surface area (Å²) in [4.78, 5) is 25.5. The molecule has 3 N–H and O–H groups in total. The minimum Gasteiger partial charge on any atom is -0.478 e. The van der Waals surface area contributed by atoms with Gasteiger partial charge in [-0.2, -0.15) is 0 Å². The third-order valence-corrected chi connectivity index (χ3v) is 4.04. The molecule has 1 aromatic rings. The molecule has 1 atom stereocenters. The fourth-order valence-electron chi connectivity index (χ4n) is 2.97. The molecule has 0 aromatic heterocycles. The number of carboxylic acids is 1. The van der Waals surface area contributed by atoms with Crippen molar-refractivity contribution in [1.29, 1.82) is 0 Å². The molecule has 0 bridgehead atoms. The van der Waals surface area contributed by atoms with E-state index in [1.165, 1.54) is 0 Å². The number of rotatable bonds is 4. The number of nitrogens with zero attached hydrogens (tertiary/aromatic N) is 1. The van der Waals surface area contributed by atoms with Gasteiger partial charge in [0.05, 0.1) is 11.1 Å². The summed E-state index contributed by atoms with van der Waals surface area (Å²) < 4.78 is 0. The van der Waals surface area contributed by atoms with Crippen molar-refractivity contribution in [3.05, 3.63) is 34.9 Å². The summed E-state index contributed by atoms with van der Waals surface area (Å²) >= 11 is 0. The molecule has 2 rings (SSSR count). The largest absolute Gasteiger partial charge is 0.478 e. The summed E-state index contributed by atoms with van der Waals surface area (Å²) in [6.07, 6.45) is 2.06. The van der Waals surface area contributed by atoms with Crippen molar-refractivity contribution >= 4 is 11.9 Å². The predicted molar refractivity (Wildman–Crippen MR) is 80.0 cm³/mol. The number of carboxylic acid groups (broad SMARTS) is 1. The highest BCUT2D eigenvalue weighted by molar-refractivity contribution is 5.90. The number of benzene rings is 1. The smallest absolute Gasteiger partial charge is 0.335 e. The van der Waals surface area contributed by atoms with Gasteiger partial charge in [-0.15, -0.1) is 0 Å². The molecule has 1 aromatic carbocycles. The molecule has 0 saturated carbocycles. The molecule has 5 heteroatoms. The van der Waals surface area contributed by atoms with Crippen LogP contribution in [0.4, 0.5) is 0 Å². The highest BCUT2D eigenvalue weighted by Gasteiger charge is 2.34. The van der Waals surface area contributed by atoms with Crippen LogP contribution in [0, 0.1) is 0 Å². The van der Waals surface area contributed by atoms with Gasteiger partial charge in [-0.05, 0) is 37.0 Å². The number of carbonyl (C=O) groups is 2. The van der Waals surface area contributed by atoms with Gasteiger partial charge < -0.3 is 15.7 Å². The van der Waals surface area contributed by atoms with E-state index in [9.17, 15) is 14.7 Å². The molecule has 1 amide bonds. The van der Waals surface area contributed by atoms with Crippen LogP contribution in [0.25, 0.3) is 0 Å². The Hall–Kier alpha value is -1.88. The first-order valence-electron chi connectivity index (χ1n) is 7.29. The summed E-state index contributed by atoms with van der Waals surface area (Å²) in [5, 5.41) is 9.21. The van der Waals surface area contributed by atoms with Crippen molar-refractivity contribution < 1.29 is 14.7 Å². The van der Waals surface area contributed by atoms with Gasteiger partial charge in [-0.1, -0.05) is 25.5 Å². The standard InChI is InChI=1S/C16H22N2O3/c1-3-8-16(2,17)15(21)18-9-7-12-11(10-18)5-4-6-13(12)14(19)20/h4-6H,3,7-10,17H2,1-2H3,(H,19,20). The van der Waals surface area contributed by atoms with Gasteiger partial charge in [0.2, 0.25) is 5.91 Å². The van der Waals surface area contributed by atoms with E-state index in [-0.39, 0.29) is 5.91 Å². The number of fused-ring (bicyclic) bond motifs is 1. The Morgan fingerprint density at radius 3 is 2.76 bits per heavy atom. The number of aromatic carboxylic acids is 1. The van der Waals surface area contributed by atoms with Crippen molar-refractivity contribution in [2.24, 2.45) is 5.73 Å². The van der Waals surface area contributed by atoms with Crippen molar-refractivity contribution in [3.8, 4) is 0 Å². The zero-order chi connectivity index (χ0) is 15.6. The average molecular weight is 290 g/mol. The molecule has 1 aliphatic rings. The van der Waals surface area contributed by atoms with Crippen LogP contribution >= 0.6 is 0 Å². The minimum absolute atomic E-state index is 0.0595. The lowest BCUT2D eigenvalue weighted by atomic mass is 9.91. The SMILES string of the molecule is CCCC(C)(N)C(=O)N1CCc2c(cccc2C(=O)O)C1. The second-order valence-corrected chi connectivity index (χ2v) is 5.89. The zero-order valence-corrected chi connectivity index (χ0v) is 12.6. The van der Waals surface area contributed by atoms with E-state index >= 15 is 0 Å². The Labute approximate surface area is 124 Å². The Morgan fingerprint density at radius 1 is 1.43 bits per heavy atom. The quantitative estimate of drug-likeness (QED) is 0.885. The Kier molecular flexibility index (Phi) is 4.32. The number of hydrogen-bond donors (Lipinski definition) is 2. The van der Waals surface area contributed by atoms with Crippen LogP contribution in [0.2, 0.25) is 0 Å². The Bertz CT molecular complexity index is 567. The first kappa shape index (κ1) is 15.5. The van der Waals surface area contributed by atoms with Crippen LogP contribution in [0.5, 0.6) is 0 Å². The van der Waals surface area contributed by atoms with Crippen LogP contribution in [-0.2, 0) is 17.8 Å². The first-order chi connectivity index (χ1) is 9.86. The van der Waals surface area contributed by atoms with E-state index in [2.05, 4.69) is 0 Å². The maximum Gasteiger partial charge on any atom is 0.335 e. The van der Waals surface area contributed by atoms with Crippen LogP contribution < -0.4 is 5.73 Å². The fraction of sp³-hybridized carbons (Fsp3) is 0.500. The predicted octanol–water partition coefficient (Wildman–Crippen LogP) is 1.79. The normalized spacial score (nSPS) is 17.0. The van der Waals surface area contributed by atoms with Crippen LogP contribution in [0.3, 0.4) is 0 Å². The van der Waals surface area contributed by atoms with E-state index in [4.69, 9.17) is 5.73 Å². The Balaban J connectivity index is 2.22. The second kappa shape index (κ2) is 5.85. The third kappa shape index (κ3) is 3.08. The maximum absolute atomic E-state index is 12.5. The summed E-state index contributed by atoms with van der Waals surface area (Å²) in [6.45, 7) is 4.73. The van der Waals surface area contributed by atoms with E-state index < -0.39 is 11.5 Å². The average Bonchev–Trinajstić information content (AvgIpc) is 2.45. The van der Waals surface area contributed by atoms with Crippen molar-refractivity contribution in [2.45, 2.75) is 45.2 Å². The van der Waals surface area contributed by atoms with E-state index in [0.29, 0.717) is 31.5 Å². The molecule has 114 valence electrons. The highest BCUT2D eigenvalue weighted by Crippen LogP contribution is 2.25.